The van der Waals surface area contributed by atoms with Crippen LogP contribution in [-0.2, 0) is 6.42 Å². The Balaban J connectivity index is 1.74. The number of hydrogen-bond acceptors (Lipinski definition) is 1. The van der Waals surface area contributed by atoms with Gasteiger partial charge in [-0.2, -0.15) is 0 Å². The van der Waals surface area contributed by atoms with Crippen LogP contribution in [0.4, 0.5) is 23.7 Å². The quantitative estimate of drug-likeness (QED) is 0.799. The van der Waals surface area contributed by atoms with E-state index in [1.54, 1.807) is 4.90 Å². The summed E-state index contributed by atoms with van der Waals surface area (Å²) in [7, 11) is 0. The van der Waals surface area contributed by atoms with Gasteiger partial charge in [-0.3, -0.25) is 0 Å². The third-order valence-electron chi connectivity index (χ3n) is 4.48. The number of benzene rings is 2. The van der Waals surface area contributed by atoms with Crippen LogP contribution in [-0.4, -0.2) is 23.5 Å². The number of likely N-dealkylation sites (tertiary alicyclic amines) is 1. The van der Waals surface area contributed by atoms with Gasteiger partial charge in [0.1, 0.15) is 0 Å². The molecule has 3 nitrogen and oxygen atoms in total. The number of piperidine rings is 1. The van der Waals surface area contributed by atoms with Gasteiger partial charge in [0.25, 0.3) is 0 Å². The molecule has 2 aromatic carbocycles. The van der Waals surface area contributed by atoms with Crippen molar-refractivity contribution in [3.63, 3.8) is 0 Å². The van der Waals surface area contributed by atoms with E-state index in [9.17, 15) is 18.0 Å². The second-order valence-electron chi connectivity index (χ2n) is 6.19. The highest BCUT2D eigenvalue weighted by Crippen LogP contribution is 2.24. The van der Waals surface area contributed by atoms with Gasteiger partial charge >= 0.3 is 6.03 Å². The lowest BCUT2D eigenvalue weighted by Gasteiger charge is -2.36. The van der Waals surface area contributed by atoms with Crippen molar-refractivity contribution in [2.24, 2.45) is 0 Å². The highest BCUT2D eigenvalue weighted by molar-refractivity contribution is 5.89. The molecule has 1 saturated heterocycles. The maximum Gasteiger partial charge on any atom is 0.322 e. The van der Waals surface area contributed by atoms with Crippen molar-refractivity contribution in [3.05, 3.63) is 65.5 Å². The van der Waals surface area contributed by atoms with Gasteiger partial charge in [0.2, 0.25) is 0 Å². The standard InChI is InChI=1S/C19H19F3N2O/c20-15-9-10-16(18(22)17(15)21)23-19(25)24-11-5-4-8-14(24)12-13-6-2-1-3-7-13/h1-3,6-7,9-10,14H,4-5,8,11-12H2,(H,23,25)/t14-/m1/s1. The number of amides is 2. The summed E-state index contributed by atoms with van der Waals surface area (Å²) in [5.74, 6) is -4.25. The van der Waals surface area contributed by atoms with E-state index in [-0.39, 0.29) is 11.7 Å². The molecule has 2 aromatic rings. The van der Waals surface area contributed by atoms with Crippen LogP contribution in [0, 0.1) is 17.5 Å². The fourth-order valence-electron chi connectivity index (χ4n) is 3.18. The van der Waals surface area contributed by atoms with E-state index in [2.05, 4.69) is 5.32 Å². The minimum Gasteiger partial charge on any atom is -0.321 e. The lowest BCUT2D eigenvalue weighted by molar-refractivity contribution is 0.162. The van der Waals surface area contributed by atoms with Crippen molar-refractivity contribution in [1.29, 1.82) is 0 Å². The van der Waals surface area contributed by atoms with Gasteiger partial charge in [-0.05, 0) is 43.4 Å². The van der Waals surface area contributed by atoms with Crippen LogP contribution in [0.1, 0.15) is 24.8 Å². The molecule has 0 bridgehead atoms. The lowest BCUT2D eigenvalue weighted by atomic mass is 9.96. The minimum absolute atomic E-state index is 0.00972. The van der Waals surface area contributed by atoms with Crippen molar-refractivity contribution in [1.82, 2.24) is 4.90 Å². The van der Waals surface area contributed by atoms with Crippen LogP contribution in [0.2, 0.25) is 0 Å². The van der Waals surface area contributed by atoms with E-state index < -0.39 is 23.5 Å². The van der Waals surface area contributed by atoms with Gasteiger partial charge in [0.15, 0.2) is 17.5 Å². The average Bonchev–Trinajstić information content (AvgIpc) is 2.63. The monoisotopic (exact) mass is 348 g/mol. The molecule has 0 spiro atoms. The number of hydrogen-bond donors (Lipinski definition) is 1. The first-order valence-electron chi connectivity index (χ1n) is 8.31. The highest BCUT2D eigenvalue weighted by Gasteiger charge is 2.27. The summed E-state index contributed by atoms with van der Waals surface area (Å²) in [6.45, 7) is 0.550. The van der Waals surface area contributed by atoms with E-state index in [1.165, 1.54) is 0 Å². The van der Waals surface area contributed by atoms with Crippen molar-refractivity contribution in [3.8, 4) is 0 Å². The lowest BCUT2D eigenvalue weighted by Crippen LogP contribution is -2.47. The van der Waals surface area contributed by atoms with Gasteiger partial charge < -0.3 is 10.2 Å². The molecule has 0 aromatic heterocycles. The molecule has 2 amide bonds. The molecule has 0 aliphatic carbocycles. The minimum atomic E-state index is -1.59. The molecule has 0 unspecified atom stereocenters. The summed E-state index contributed by atoms with van der Waals surface area (Å²) >= 11 is 0. The van der Waals surface area contributed by atoms with E-state index in [0.717, 1.165) is 37.0 Å². The van der Waals surface area contributed by atoms with E-state index >= 15 is 0 Å². The Hall–Kier alpha value is -2.50. The molecular weight excluding hydrogens is 329 g/mol. The maximum atomic E-state index is 13.8. The Morgan fingerprint density at radius 2 is 1.80 bits per heavy atom. The molecule has 6 heteroatoms. The average molecular weight is 348 g/mol. The Labute approximate surface area is 144 Å². The molecule has 25 heavy (non-hydrogen) atoms. The Morgan fingerprint density at radius 1 is 1.04 bits per heavy atom. The van der Waals surface area contributed by atoms with Crippen LogP contribution < -0.4 is 5.32 Å². The van der Waals surface area contributed by atoms with Gasteiger partial charge in [0, 0.05) is 12.6 Å². The SMILES string of the molecule is O=C(Nc1ccc(F)c(F)c1F)N1CCCC[C@@H]1Cc1ccccc1. The van der Waals surface area contributed by atoms with Crippen LogP contribution in [0.25, 0.3) is 0 Å². The predicted molar refractivity (Wildman–Crippen MR) is 89.8 cm³/mol. The second-order valence-corrected chi connectivity index (χ2v) is 6.19. The first-order valence-corrected chi connectivity index (χ1v) is 8.31. The molecule has 0 radical (unpaired) electrons. The number of anilines is 1. The van der Waals surface area contributed by atoms with Crippen LogP contribution in [0.3, 0.4) is 0 Å². The molecule has 1 fully saturated rings. The zero-order valence-electron chi connectivity index (χ0n) is 13.6. The molecular formula is C19H19F3N2O. The van der Waals surface area contributed by atoms with E-state index in [0.29, 0.717) is 13.0 Å². The largest absolute Gasteiger partial charge is 0.322 e. The van der Waals surface area contributed by atoms with E-state index in [4.69, 9.17) is 0 Å². The highest BCUT2D eigenvalue weighted by atomic mass is 19.2. The summed E-state index contributed by atoms with van der Waals surface area (Å²) in [6.07, 6.45) is 3.43. The summed E-state index contributed by atoms with van der Waals surface area (Å²) in [5, 5.41) is 2.37. The number of carbonyl (C=O) groups excluding carboxylic acids is 1. The smallest absolute Gasteiger partial charge is 0.321 e. The van der Waals surface area contributed by atoms with Crippen molar-refractivity contribution in [2.75, 3.05) is 11.9 Å². The number of urea groups is 1. The summed E-state index contributed by atoms with van der Waals surface area (Å²) < 4.78 is 40.1. The zero-order chi connectivity index (χ0) is 17.8. The van der Waals surface area contributed by atoms with Gasteiger partial charge in [-0.15, -0.1) is 0 Å². The molecule has 132 valence electrons. The number of carbonyl (C=O) groups is 1. The summed E-state index contributed by atoms with van der Waals surface area (Å²) in [6, 6.07) is 11.1. The van der Waals surface area contributed by atoms with Gasteiger partial charge in [-0.25, -0.2) is 18.0 Å². The Kier molecular flexibility index (Phi) is 5.26. The maximum absolute atomic E-state index is 13.8. The van der Waals surface area contributed by atoms with Crippen LogP contribution >= 0.6 is 0 Å². The predicted octanol–water partition coefficient (Wildman–Crippen LogP) is 4.73. The fraction of sp³-hybridized carbons (Fsp3) is 0.316. The first kappa shape index (κ1) is 17.3. The molecule has 1 aliphatic heterocycles. The van der Waals surface area contributed by atoms with E-state index in [1.807, 2.05) is 30.3 Å². The Morgan fingerprint density at radius 3 is 2.56 bits per heavy atom. The number of nitrogens with zero attached hydrogens (tertiary/aromatic N) is 1. The first-order chi connectivity index (χ1) is 12.1. The van der Waals surface area contributed by atoms with Gasteiger partial charge in [0.05, 0.1) is 5.69 Å². The van der Waals surface area contributed by atoms with Crippen molar-refractivity contribution in [2.45, 2.75) is 31.7 Å². The third kappa shape index (κ3) is 3.95. The molecule has 3 rings (SSSR count). The fourth-order valence-corrected chi connectivity index (χ4v) is 3.18. The zero-order valence-corrected chi connectivity index (χ0v) is 13.6. The Bertz CT molecular complexity index is 752. The molecule has 1 aliphatic rings. The van der Waals surface area contributed by atoms with Crippen molar-refractivity contribution < 1.29 is 18.0 Å². The molecule has 1 atom stereocenters. The number of rotatable bonds is 3. The van der Waals surface area contributed by atoms with Gasteiger partial charge in [-0.1, -0.05) is 30.3 Å². The summed E-state index contributed by atoms with van der Waals surface area (Å²) in [4.78, 5) is 14.2. The molecule has 1 heterocycles. The third-order valence-corrected chi connectivity index (χ3v) is 4.48. The topological polar surface area (TPSA) is 32.3 Å². The summed E-state index contributed by atoms with van der Waals surface area (Å²) in [5.41, 5.74) is 0.763. The molecule has 0 saturated carbocycles. The van der Waals surface area contributed by atoms with Crippen LogP contribution in [0.15, 0.2) is 42.5 Å². The van der Waals surface area contributed by atoms with Crippen molar-refractivity contribution >= 4 is 11.7 Å². The number of halogens is 3. The second kappa shape index (κ2) is 7.59. The number of nitrogens with one attached hydrogen (secondary N) is 1. The normalized spacial score (nSPS) is 17.4. The molecule has 1 N–H and O–H groups in total. The van der Waals surface area contributed by atoms with Crippen LogP contribution in [0.5, 0.6) is 0 Å².